The second-order valence-corrected chi connectivity index (χ2v) is 9.14. The van der Waals surface area contributed by atoms with E-state index in [1.165, 1.54) is 6.92 Å². The molecule has 0 spiro atoms. The largest absolute Gasteiger partial charge is 0.462 e. The van der Waals surface area contributed by atoms with Crippen molar-refractivity contribution in [3.63, 3.8) is 0 Å². The number of hydrogen-bond acceptors (Lipinski definition) is 4. The summed E-state index contributed by atoms with van der Waals surface area (Å²) in [4.78, 5) is 24.1. The number of ether oxygens (including phenoxy) is 1. The van der Waals surface area contributed by atoms with Gasteiger partial charge in [0.15, 0.2) is 5.78 Å². The normalized spacial score (nSPS) is 39.4. The molecule has 1 fully saturated rings. The molecule has 1 saturated carbocycles. The predicted molar refractivity (Wildman–Crippen MR) is 102 cm³/mol. The summed E-state index contributed by atoms with van der Waals surface area (Å²) in [5.74, 6) is 0.206. The maximum absolute atomic E-state index is 12.4. The summed E-state index contributed by atoms with van der Waals surface area (Å²) in [5.41, 5.74) is -0.418. The van der Waals surface area contributed by atoms with E-state index in [9.17, 15) is 14.7 Å². The molecule has 0 amide bonds. The van der Waals surface area contributed by atoms with E-state index in [-0.39, 0.29) is 40.5 Å². The van der Waals surface area contributed by atoms with Crippen LogP contribution in [0.15, 0.2) is 24.3 Å². The van der Waals surface area contributed by atoms with Crippen molar-refractivity contribution in [3.05, 3.63) is 24.3 Å². The fourth-order valence-corrected chi connectivity index (χ4v) is 5.13. The van der Waals surface area contributed by atoms with Crippen LogP contribution < -0.4 is 0 Å². The zero-order chi connectivity index (χ0) is 19.9. The molecule has 0 radical (unpaired) electrons. The first kappa shape index (κ1) is 20.9. The van der Waals surface area contributed by atoms with Crippen LogP contribution in [0.5, 0.6) is 0 Å². The van der Waals surface area contributed by atoms with Crippen molar-refractivity contribution in [1.29, 1.82) is 0 Å². The highest BCUT2D eigenvalue weighted by Crippen LogP contribution is 2.62. The van der Waals surface area contributed by atoms with Crippen LogP contribution in [0.1, 0.15) is 67.2 Å². The lowest BCUT2D eigenvalue weighted by Gasteiger charge is -2.60. The minimum atomic E-state index is -0.921. The van der Waals surface area contributed by atoms with Crippen molar-refractivity contribution in [2.45, 2.75) is 78.9 Å². The van der Waals surface area contributed by atoms with Gasteiger partial charge in [-0.15, -0.1) is 6.58 Å². The fraction of sp³-hybridized carbons (Fsp3) is 0.727. The van der Waals surface area contributed by atoms with Gasteiger partial charge in [-0.25, -0.2) is 0 Å². The maximum Gasteiger partial charge on any atom is 0.302 e. The predicted octanol–water partition coefficient (Wildman–Crippen LogP) is 4.22. The lowest BCUT2D eigenvalue weighted by molar-refractivity contribution is -0.175. The van der Waals surface area contributed by atoms with Crippen molar-refractivity contribution in [1.82, 2.24) is 0 Å². The molecule has 4 nitrogen and oxygen atoms in total. The van der Waals surface area contributed by atoms with E-state index >= 15 is 0 Å². The molecule has 2 aliphatic carbocycles. The zero-order valence-corrected chi connectivity index (χ0v) is 17.1. The first-order valence-electron chi connectivity index (χ1n) is 9.61. The lowest BCUT2D eigenvalue weighted by Crippen LogP contribution is -2.58. The van der Waals surface area contributed by atoms with Crippen molar-refractivity contribution in [2.24, 2.45) is 22.7 Å². The Hall–Kier alpha value is -1.42. The van der Waals surface area contributed by atoms with Gasteiger partial charge in [-0.3, -0.25) is 9.59 Å². The molecule has 1 N–H and O–H groups in total. The van der Waals surface area contributed by atoms with Crippen molar-refractivity contribution < 1.29 is 19.4 Å². The smallest absolute Gasteiger partial charge is 0.302 e. The minimum absolute atomic E-state index is 0.0706. The van der Waals surface area contributed by atoms with Crippen LogP contribution in [0.3, 0.4) is 0 Å². The Morgan fingerprint density at radius 2 is 2.12 bits per heavy atom. The summed E-state index contributed by atoms with van der Waals surface area (Å²) in [6.07, 6.45) is 5.70. The van der Waals surface area contributed by atoms with E-state index in [0.717, 1.165) is 18.4 Å². The topological polar surface area (TPSA) is 63.6 Å². The lowest BCUT2D eigenvalue weighted by atomic mass is 9.45. The maximum atomic E-state index is 12.4. The molecule has 0 aromatic heterocycles. The SMILES string of the molecule is C=C[C@](C)(O)CC[C@]1(C)[C@H](C)C[C@@H](OC(C)=O)[C@@]2(C)C(C)=CC(=O)C[C@@H]12. The molecule has 6 atom stereocenters. The Balaban J connectivity index is 2.46. The highest BCUT2D eigenvalue weighted by molar-refractivity contribution is 5.92. The van der Waals surface area contributed by atoms with Crippen LogP contribution >= 0.6 is 0 Å². The summed E-state index contributed by atoms with van der Waals surface area (Å²) < 4.78 is 5.74. The third-order valence-electron chi connectivity index (χ3n) is 7.43. The average molecular weight is 363 g/mol. The van der Waals surface area contributed by atoms with Gasteiger partial charge in [0.1, 0.15) is 6.10 Å². The molecule has 2 rings (SSSR count). The monoisotopic (exact) mass is 362 g/mol. The summed E-state index contributed by atoms with van der Waals surface area (Å²) in [7, 11) is 0. The summed E-state index contributed by atoms with van der Waals surface area (Å²) in [6.45, 7) is 15.5. The number of carbonyl (C=O) groups is 2. The summed E-state index contributed by atoms with van der Waals surface area (Å²) in [6, 6.07) is 0. The van der Waals surface area contributed by atoms with Gasteiger partial charge in [-0.2, -0.15) is 0 Å². The van der Waals surface area contributed by atoms with Gasteiger partial charge < -0.3 is 9.84 Å². The van der Waals surface area contributed by atoms with Crippen molar-refractivity contribution >= 4 is 11.8 Å². The van der Waals surface area contributed by atoms with Crippen LogP contribution in [0, 0.1) is 22.7 Å². The third kappa shape index (κ3) is 3.53. The highest BCUT2D eigenvalue weighted by atomic mass is 16.5. The van der Waals surface area contributed by atoms with Gasteiger partial charge in [0.05, 0.1) is 5.60 Å². The summed E-state index contributed by atoms with van der Waals surface area (Å²) in [5, 5.41) is 10.4. The number of aliphatic hydroxyl groups is 1. The third-order valence-corrected chi connectivity index (χ3v) is 7.43. The molecular weight excluding hydrogens is 328 g/mol. The Morgan fingerprint density at radius 3 is 2.65 bits per heavy atom. The van der Waals surface area contributed by atoms with Crippen LogP contribution in [0.25, 0.3) is 0 Å². The molecule has 0 saturated heterocycles. The number of hydrogen-bond donors (Lipinski definition) is 1. The Labute approximate surface area is 157 Å². The second-order valence-electron chi connectivity index (χ2n) is 9.14. The highest BCUT2D eigenvalue weighted by Gasteiger charge is 2.60. The van der Waals surface area contributed by atoms with Gasteiger partial charge >= 0.3 is 5.97 Å². The summed E-state index contributed by atoms with van der Waals surface area (Å²) >= 11 is 0. The van der Waals surface area contributed by atoms with Crippen LogP contribution in [0.2, 0.25) is 0 Å². The number of rotatable bonds is 5. The molecule has 146 valence electrons. The molecule has 0 aliphatic heterocycles. The average Bonchev–Trinajstić information content (AvgIpc) is 2.53. The molecule has 26 heavy (non-hydrogen) atoms. The number of allylic oxidation sites excluding steroid dienone is 1. The Kier molecular flexibility index (Phi) is 5.59. The van der Waals surface area contributed by atoms with E-state index in [4.69, 9.17) is 4.74 Å². The van der Waals surface area contributed by atoms with Crippen molar-refractivity contribution in [3.8, 4) is 0 Å². The first-order valence-corrected chi connectivity index (χ1v) is 9.61. The molecule has 0 heterocycles. The number of ketones is 1. The van der Waals surface area contributed by atoms with E-state index in [1.807, 2.05) is 6.92 Å². The number of carbonyl (C=O) groups excluding carboxylic acids is 2. The molecular formula is C22H34O4. The second kappa shape index (κ2) is 6.95. The van der Waals surface area contributed by atoms with E-state index in [0.29, 0.717) is 12.8 Å². The van der Waals surface area contributed by atoms with Gasteiger partial charge in [0.25, 0.3) is 0 Å². The Bertz CT molecular complexity index is 632. The Morgan fingerprint density at radius 1 is 1.50 bits per heavy atom. The van der Waals surface area contributed by atoms with Gasteiger partial charge in [-0.1, -0.05) is 32.4 Å². The van der Waals surface area contributed by atoms with E-state index in [2.05, 4.69) is 27.4 Å². The van der Waals surface area contributed by atoms with Crippen LogP contribution in [-0.2, 0) is 14.3 Å². The van der Waals surface area contributed by atoms with E-state index < -0.39 is 5.60 Å². The molecule has 0 aromatic rings. The molecule has 0 aromatic carbocycles. The molecule has 4 heteroatoms. The molecule has 0 unspecified atom stereocenters. The standard InChI is InChI=1S/C22H34O4/c1-8-20(5,25)9-10-21(6)14(2)12-19(26-16(4)23)22(7)15(3)11-17(24)13-18(21)22/h8,11,14,18-19,25H,1,9-10,12-13H2,2-7H3/t14-,18+,19-,20+,21-,22+/m1/s1. The van der Waals surface area contributed by atoms with Crippen LogP contribution in [-0.4, -0.2) is 28.6 Å². The molecule has 2 aliphatic rings. The van der Waals surface area contributed by atoms with Gasteiger partial charge in [-0.05, 0) is 56.4 Å². The number of fused-ring (bicyclic) bond motifs is 1. The van der Waals surface area contributed by atoms with Crippen LogP contribution in [0.4, 0.5) is 0 Å². The van der Waals surface area contributed by atoms with Gasteiger partial charge in [0.2, 0.25) is 0 Å². The fourth-order valence-electron chi connectivity index (χ4n) is 5.13. The number of esters is 1. The van der Waals surface area contributed by atoms with Crippen molar-refractivity contribution in [2.75, 3.05) is 0 Å². The van der Waals surface area contributed by atoms with Gasteiger partial charge in [0, 0.05) is 18.8 Å². The minimum Gasteiger partial charge on any atom is -0.462 e. The first-order chi connectivity index (χ1) is 11.9. The quantitative estimate of drug-likeness (QED) is 0.587. The van der Waals surface area contributed by atoms with E-state index in [1.54, 1.807) is 19.1 Å². The molecule has 0 bridgehead atoms. The zero-order valence-electron chi connectivity index (χ0n) is 17.1.